The predicted molar refractivity (Wildman–Crippen MR) is 150 cm³/mol. The van der Waals surface area contributed by atoms with Gasteiger partial charge in [0.2, 0.25) is 0 Å². The van der Waals surface area contributed by atoms with Gasteiger partial charge in [0.15, 0.2) is 0 Å². The standard InChI is InChI=1S/C32H40F3NO4/c1-20(2)18-28(22-6-8-23(9-7-22)30(39)36-17-16-29(37)38)40-25-14-15-26(27(19-25)32(33,34)35)21-10-12-24(13-11-21)31(3,4)5/h6,8-15,19-20,22,26-28H,7,16-18H2,1-5H3,(H,36,39)(H,37,38). The van der Waals surface area contributed by atoms with E-state index < -0.39 is 24.0 Å². The molecule has 0 spiro atoms. The van der Waals surface area contributed by atoms with Crippen molar-refractivity contribution in [3.63, 3.8) is 0 Å². The van der Waals surface area contributed by atoms with Gasteiger partial charge in [-0.25, -0.2) is 0 Å². The number of amides is 1. The highest BCUT2D eigenvalue weighted by Gasteiger charge is 2.45. The highest BCUT2D eigenvalue weighted by Crippen LogP contribution is 2.43. The molecule has 1 aromatic rings. The minimum atomic E-state index is -4.45. The second kappa shape index (κ2) is 12.9. The number of carbonyl (C=O) groups excluding carboxylic acids is 1. The summed E-state index contributed by atoms with van der Waals surface area (Å²) in [6.07, 6.45) is 5.82. The molecule has 218 valence electrons. The van der Waals surface area contributed by atoms with E-state index in [9.17, 15) is 22.8 Å². The topological polar surface area (TPSA) is 75.6 Å². The third kappa shape index (κ3) is 8.60. The van der Waals surface area contributed by atoms with Crippen LogP contribution in [-0.2, 0) is 19.7 Å². The van der Waals surface area contributed by atoms with Gasteiger partial charge in [-0.2, -0.15) is 13.2 Å². The molecule has 40 heavy (non-hydrogen) atoms. The average molecular weight is 560 g/mol. The first kappa shape index (κ1) is 31.2. The molecule has 0 aromatic heterocycles. The van der Waals surface area contributed by atoms with Crippen molar-refractivity contribution in [2.45, 2.75) is 77.5 Å². The van der Waals surface area contributed by atoms with Crippen LogP contribution in [0.4, 0.5) is 13.2 Å². The number of benzene rings is 1. The van der Waals surface area contributed by atoms with Crippen LogP contribution in [0.5, 0.6) is 0 Å². The zero-order valence-electron chi connectivity index (χ0n) is 23.8. The monoisotopic (exact) mass is 559 g/mol. The van der Waals surface area contributed by atoms with Crippen molar-refractivity contribution < 1.29 is 32.6 Å². The largest absolute Gasteiger partial charge is 0.490 e. The van der Waals surface area contributed by atoms with Crippen molar-refractivity contribution >= 4 is 11.9 Å². The zero-order valence-corrected chi connectivity index (χ0v) is 23.8. The van der Waals surface area contributed by atoms with Gasteiger partial charge in [-0.3, -0.25) is 9.59 Å². The summed E-state index contributed by atoms with van der Waals surface area (Å²) in [5.41, 5.74) is 2.00. The Kier molecular flexibility index (Phi) is 10.1. The molecule has 2 aliphatic carbocycles. The van der Waals surface area contributed by atoms with E-state index in [0.29, 0.717) is 24.0 Å². The number of carbonyl (C=O) groups is 2. The Bertz CT molecular complexity index is 1170. The molecule has 5 nitrogen and oxygen atoms in total. The minimum absolute atomic E-state index is 0.0322. The lowest BCUT2D eigenvalue weighted by Crippen LogP contribution is -2.31. The van der Waals surface area contributed by atoms with E-state index in [2.05, 4.69) is 26.1 Å². The van der Waals surface area contributed by atoms with Crippen LogP contribution >= 0.6 is 0 Å². The van der Waals surface area contributed by atoms with Crippen molar-refractivity contribution in [2.24, 2.45) is 17.8 Å². The van der Waals surface area contributed by atoms with Crippen LogP contribution in [0.25, 0.3) is 0 Å². The number of ether oxygens (including phenoxy) is 1. The lowest BCUT2D eigenvalue weighted by Gasteiger charge is -2.32. The van der Waals surface area contributed by atoms with Crippen LogP contribution in [0.2, 0.25) is 0 Å². The maximum Gasteiger partial charge on any atom is 0.396 e. The second-order valence-electron chi connectivity index (χ2n) is 12.0. The van der Waals surface area contributed by atoms with Crippen LogP contribution in [-0.4, -0.2) is 35.8 Å². The van der Waals surface area contributed by atoms with Gasteiger partial charge >= 0.3 is 12.1 Å². The third-order valence-electron chi connectivity index (χ3n) is 7.23. The molecule has 1 aromatic carbocycles. The molecule has 0 aliphatic heterocycles. The first-order chi connectivity index (χ1) is 18.6. The lowest BCUT2D eigenvalue weighted by atomic mass is 9.80. The fraction of sp³-hybridized carbons (Fsp3) is 0.500. The van der Waals surface area contributed by atoms with Crippen LogP contribution in [0.15, 0.2) is 72.1 Å². The smallest absolute Gasteiger partial charge is 0.396 e. The summed E-state index contributed by atoms with van der Waals surface area (Å²) < 4.78 is 49.0. The quantitative estimate of drug-likeness (QED) is 0.317. The average Bonchev–Trinajstić information content (AvgIpc) is 2.87. The van der Waals surface area contributed by atoms with E-state index in [1.807, 2.05) is 32.1 Å². The summed E-state index contributed by atoms with van der Waals surface area (Å²) in [7, 11) is 0. The van der Waals surface area contributed by atoms with Crippen molar-refractivity contribution in [3.05, 3.63) is 83.2 Å². The van der Waals surface area contributed by atoms with Crippen molar-refractivity contribution in [2.75, 3.05) is 6.54 Å². The fourth-order valence-corrected chi connectivity index (χ4v) is 4.97. The SMILES string of the molecule is CC(C)CC(OC1=CC(C(F)(F)F)C(c2ccc(C(C)(C)C)cc2)C=C1)C1C=CC(C(=O)NCCC(=O)O)=CC1. The van der Waals surface area contributed by atoms with Crippen molar-refractivity contribution in [1.29, 1.82) is 0 Å². The van der Waals surface area contributed by atoms with Gasteiger partial charge in [-0.05, 0) is 47.5 Å². The molecule has 8 heteroatoms. The van der Waals surface area contributed by atoms with Crippen LogP contribution in [0, 0.1) is 17.8 Å². The number of hydrogen-bond acceptors (Lipinski definition) is 3. The molecule has 0 radical (unpaired) electrons. The number of alkyl halides is 3. The maximum atomic E-state index is 14.2. The Morgan fingerprint density at radius 1 is 1.07 bits per heavy atom. The molecule has 0 fully saturated rings. The zero-order chi connectivity index (χ0) is 29.7. The summed E-state index contributed by atoms with van der Waals surface area (Å²) in [6, 6.07) is 7.36. The second-order valence-corrected chi connectivity index (χ2v) is 12.0. The number of halogens is 3. The summed E-state index contributed by atoms with van der Waals surface area (Å²) in [6.45, 7) is 10.3. The number of carboxylic acids is 1. The third-order valence-corrected chi connectivity index (χ3v) is 7.23. The van der Waals surface area contributed by atoms with Gasteiger partial charge in [0, 0.05) is 24.0 Å². The number of nitrogens with one attached hydrogen (secondary N) is 1. The molecular weight excluding hydrogens is 519 g/mol. The minimum Gasteiger partial charge on any atom is -0.490 e. The number of hydrogen-bond donors (Lipinski definition) is 2. The van der Waals surface area contributed by atoms with Crippen LogP contribution in [0.3, 0.4) is 0 Å². The van der Waals surface area contributed by atoms with Gasteiger partial charge in [-0.15, -0.1) is 0 Å². The van der Waals surface area contributed by atoms with E-state index in [4.69, 9.17) is 9.84 Å². The molecule has 4 atom stereocenters. The molecule has 4 unspecified atom stereocenters. The Balaban J connectivity index is 1.75. The molecule has 0 saturated heterocycles. The van der Waals surface area contributed by atoms with Gasteiger partial charge in [0.25, 0.3) is 5.91 Å². The van der Waals surface area contributed by atoms with Gasteiger partial charge in [-0.1, -0.05) is 83.2 Å². The molecule has 0 heterocycles. The van der Waals surface area contributed by atoms with E-state index in [-0.39, 0.29) is 48.0 Å². The molecule has 2 N–H and O–H groups in total. The number of allylic oxidation sites excluding steroid dienone is 4. The van der Waals surface area contributed by atoms with Crippen molar-refractivity contribution in [1.82, 2.24) is 5.32 Å². The van der Waals surface area contributed by atoms with Gasteiger partial charge < -0.3 is 15.2 Å². The number of aliphatic carboxylic acids is 1. The molecule has 0 saturated carbocycles. The number of carboxylic acid groups (broad SMARTS) is 1. The summed E-state index contributed by atoms with van der Waals surface area (Å²) in [5.74, 6) is -3.59. The highest BCUT2D eigenvalue weighted by atomic mass is 19.4. The van der Waals surface area contributed by atoms with E-state index in [1.165, 1.54) is 6.08 Å². The highest BCUT2D eigenvalue weighted by molar-refractivity contribution is 5.96. The van der Waals surface area contributed by atoms with E-state index >= 15 is 0 Å². The molecule has 3 rings (SSSR count). The number of rotatable bonds is 10. The Morgan fingerprint density at radius 3 is 2.27 bits per heavy atom. The maximum absolute atomic E-state index is 14.2. The van der Waals surface area contributed by atoms with Crippen molar-refractivity contribution in [3.8, 4) is 0 Å². The molecule has 1 amide bonds. The summed E-state index contributed by atoms with van der Waals surface area (Å²) in [4.78, 5) is 23.0. The Morgan fingerprint density at radius 2 is 1.75 bits per heavy atom. The van der Waals surface area contributed by atoms with Crippen LogP contribution in [0.1, 0.15) is 70.9 Å². The first-order valence-corrected chi connectivity index (χ1v) is 13.8. The molecular formula is C32H40F3NO4. The van der Waals surface area contributed by atoms with E-state index in [1.54, 1.807) is 36.4 Å². The van der Waals surface area contributed by atoms with Gasteiger partial charge in [0.05, 0.1) is 12.3 Å². The molecule has 2 aliphatic rings. The van der Waals surface area contributed by atoms with Crippen LogP contribution < -0.4 is 5.32 Å². The molecule has 0 bridgehead atoms. The Hall–Kier alpha value is -3.29. The summed E-state index contributed by atoms with van der Waals surface area (Å²) in [5, 5.41) is 11.3. The lowest BCUT2D eigenvalue weighted by molar-refractivity contribution is -0.165. The van der Waals surface area contributed by atoms with Gasteiger partial charge in [0.1, 0.15) is 11.9 Å². The fourth-order valence-electron chi connectivity index (χ4n) is 4.97. The first-order valence-electron chi connectivity index (χ1n) is 13.8. The normalized spacial score (nSPS) is 22.0. The Labute approximate surface area is 234 Å². The summed E-state index contributed by atoms with van der Waals surface area (Å²) >= 11 is 0. The predicted octanol–water partition coefficient (Wildman–Crippen LogP) is 7.22. The van der Waals surface area contributed by atoms with E-state index in [0.717, 1.165) is 5.56 Å².